The molecule has 2 aromatic heterocycles. The van der Waals surface area contributed by atoms with Crippen LogP contribution in [0.25, 0.3) is 12.2 Å². The first-order valence-corrected chi connectivity index (χ1v) is 11.3. The van der Waals surface area contributed by atoms with Crippen molar-refractivity contribution in [1.82, 2.24) is 14.9 Å². The van der Waals surface area contributed by atoms with Gasteiger partial charge in [-0.25, -0.2) is 4.79 Å². The Balaban J connectivity index is 1.19. The van der Waals surface area contributed by atoms with E-state index in [0.717, 1.165) is 35.1 Å². The van der Waals surface area contributed by atoms with Crippen molar-refractivity contribution in [2.24, 2.45) is 0 Å². The molecule has 6 rings (SSSR count). The maximum atomic E-state index is 13.6. The van der Waals surface area contributed by atoms with E-state index in [1.54, 1.807) is 24.8 Å². The van der Waals surface area contributed by atoms with Crippen molar-refractivity contribution in [3.05, 3.63) is 95.1 Å². The van der Waals surface area contributed by atoms with E-state index >= 15 is 0 Å². The molecule has 3 aromatic rings. The number of rotatable bonds is 4. The molecule has 1 spiro atoms. The first-order valence-electron chi connectivity index (χ1n) is 11.3. The summed E-state index contributed by atoms with van der Waals surface area (Å²) in [5.41, 5.74) is 3.42. The molecule has 2 aliphatic heterocycles. The quantitative estimate of drug-likeness (QED) is 0.578. The maximum absolute atomic E-state index is 13.6. The molecule has 2 fully saturated rings. The van der Waals surface area contributed by atoms with Crippen molar-refractivity contribution >= 4 is 24.0 Å². The number of benzene rings is 1. The van der Waals surface area contributed by atoms with E-state index in [2.05, 4.69) is 46.4 Å². The smallest absolute Gasteiger partial charge is 0.341 e. The van der Waals surface area contributed by atoms with Gasteiger partial charge in [-0.1, -0.05) is 36.4 Å². The number of nitrogens with zero attached hydrogens (tertiary/aromatic N) is 3. The first-order chi connectivity index (χ1) is 16.1. The summed E-state index contributed by atoms with van der Waals surface area (Å²) in [7, 11) is 0. The Labute approximate surface area is 191 Å². The number of pyridine rings is 2. The van der Waals surface area contributed by atoms with Gasteiger partial charge in [0.05, 0.1) is 17.5 Å². The third kappa shape index (κ3) is 3.25. The second-order valence-electron chi connectivity index (χ2n) is 9.10. The average molecular weight is 437 g/mol. The van der Waals surface area contributed by atoms with Gasteiger partial charge >= 0.3 is 5.97 Å². The molecule has 0 N–H and O–H groups in total. The van der Waals surface area contributed by atoms with Crippen molar-refractivity contribution in [3.63, 3.8) is 0 Å². The number of hydrogen-bond acceptors (Lipinski definition) is 5. The largest absolute Gasteiger partial charge is 0.449 e. The predicted molar refractivity (Wildman–Crippen MR) is 123 cm³/mol. The second-order valence-corrected chi connectivity index (χ2v) is 9.10. The Morgan fingerprint density at radius 2 is 1.61 bits per heavy atom. The Morgan fingerprint density at radius 1 is 0.909 bits per heavy atom. The highest BCUT2D eigenvalue weighted by molar-refractivity contribution is 5.95. The van der Waals surface area contributed by atoms with Gasteiger partial charge in [0.15, 0.2) is 5.60 Å². The minimum atomic E-state index is -0.733. The molecule has 1 aliphatic carbocycles. The molecule has 1 saturated heterocycles. The fraction of sp³-hybridized carbons (Fsp3) is 0.259. The highest BCUT2D eigenvalue weighted by Crippen LogP contribution is 2.52. The summed E-state index contributed by atoms with van der Waals surface area (Å²) in [5, 5.41) is 0. The lowest BCUT2D eigenvalue weighted by molar-refractivity contribution is -0.134. The van der Waals surface area contributed by atoms with Crippen LogP contribution in [0.1, 0.15) is 51.9 Å². The number of fused-ring (bicyclic) bond motifs is 2. The van der Waals surface area contributed by atoms with E-state index in [-0.39, 0.29) is 11.9 Å². The maximum Gasteiger partial charge on any atom is 0.341 e. The predicted octanol–water partition coefficient (Wildman–Crippen LogP) is 3.98. The molecule has 0 bridgehead atoms. The number of aromatic nitrogens is 2. The number of amides is 1. The van der Waals surface area contributed by atoms with Crippen molar-refractivity contribution in [2.45, 2.75) is 30.3 Å². The molecule has 3 aliphatic rings. The van der Waals surface area contributed by atoms with Crippen LogP contribution in [0.2, 0.25) is 0 Å². The van der Waals surface area contributed by atoms with Crippen molar-refractivity contribution in [3.8, 4) is 0 Å². The Hall–Kier alpha value is -3.80. The molecule has 1 aromatic carbocycles. The Morgan fingerprint density at radius 3 is 2.33 bits per heavy atom. The van der Waals surface area contributed by atoms with Gasteiger partial charge in [0.1, 0.15) is 0 Å². The van der Waals surface area contributed by atoms with E-state index in [1.165, 1.54) is 0 Å². The topological polar surface area (TPSA) is 72.4 Å². The van der Waals surface area contributed by atoms with Crippen LogP contribution in [-0.4, -0.2) is 39.8 Å². The van der Waals surface area contributed by atoms with E-state index in [1.807, 2.05) is 23.1 Å². The highest BCUT2D eigenvalue weighted by Gasteiger charge is 2.57. The molecular formula is C27H23N3O3. The van der Waals surface area contributed by atoms with Crippen molar-refractivity contribution in [1.29, 1.82) is 0 Å². The molecule has 1 amide bonds. The first kappa shape index (κ1) is 19.9. The summed E-state index contributed by atoms with van der Waals surface area (Å²) in [4.78, 5) is 35.9. The van der Waals surface area contributed by atoms with Gasteiger partial charge in [0, 0.05) is 43.3 Å². The number of ether oxygens (including phenoxy) is 1. The Bertz CT molecular complexity index is 1270. The number of carbonyl (C=O) groups is 2. The van der Waals surface area contributed by atoms with Crippen LogP contribution in [0.3, 0.4) is 0 Å². The van der Waals surface area contributed by atoms with Crippen LogP contribution >= 0.6 is 0 Å². The second kappa shape index (κ2) is 7.37. The van der Waals surface area contributed by atoms with Crippen LogP contribution in [0.5, 0.6) is 0 Å². The molecule has 6 nitrogen and oxygen atoms in total. The van der Waals surface area contributed by atoms with Crippen LogP contribution < -0.4 is 0 Å². The summed E-state index contributed by atoms with van der Waals surface area (Å²) in [5.74, 6) is -0.207. The molecule has 4 heterocycles. The van der Waals surface area contributed by atoms with E-state index < -0.39 is 11.0 Å². The van der Waals surface area contributed by atoms with Crippen LogP contribution in [0.4, 0.5) is 0 Å². The lowest BCUT2D eigenvalue weighted by Crippen LogP contribution is -2.40. The zero-order valence-corrected chi connectivity index (χ0v) is 18.1. The minimum absolute atomic E-state index is 0.137. The lowest BCUT2D eigenvalue weighted by atomic mass is 9.92. The number of esters is 1. The summed E-state index contributed by atoms with van der Waals surface area (Å²) in [6.45, 7) is 0.992. The number of hydrogen-bond donors (Lipinski definition) is 0. The molecule has 1 saturated carbocycles. The van der Waals surface area contributed by atoms with Crippen molar-refractivity contribution in [2.75, 3.05) is 13.1 Å². The van der Waals surface area contributed by atoms with Gasteiger partial charge in [-0.15, -0.1) is 0 Å². The lowest BCUT2D eigenvalue weighted by Gasteiger charge is -2.27. The number of likely N-dealkylation sites (tertiary alicyclic amines) is 1. The van der Waals surface area contributed by atoms with E-state index in [0.29, 0.717) is 25.1 Å². The molecule has 0 unspecified atom stereocenters. The van der Waals surface area contributed by atoms with Crippen LogP contribution in [0, 0.1) is 0 Å². The molecular weight excluding hydrogens is 414 g/mol. The molecule has 164 valence electrons. The molecule has 0 radical (unpaired) electrons. The highest BCUT2D eigenvalue weighted by atomic mass is 16.6. The standard InChI is InChI=1S/C27H23N3O3/c31-24-22-17-29-15-9-23(22)27(33-24)12-16-30(18-27)25(32)26(10-11-26)21-5-3-19(4-6-21)1-2-20-7-13-28-14-8-20/h1-9,13-15,17H,10-12,16,18H2/t27-/m0/s1. The molecule has 33 heavy (non-hydrogen) atoms. The van der Waals surface area contributed by atoms with Gasteiger partial charge in [0.2, 0.25) is 5.91 Å². The zero-order valence-electron chi connectivity index (χ0n) is 18.1. The van der Waals surface area contributed by atoms with Gasteiger partial charge in [0.25, 0.3) is 0 Å². The summed E-state index contributed by atoms with van der Waals surface area (Å²) < 4.78 is 5.79. The minimum Gasteiger partial charge on any atom is -0.449 e. The fourth-order valence-electron chi connectivity index (χ4n) is 5.13. The number of carbonyl (C=O) groups excluding carboxylic acids is 2. The summed E-state index contributed by atoms with van der Waals surface area (Å²) >= 11 is 0. The van der Waals surface area contributed by atoms with Gasteiger partial charge < -0.3 is 9.64 Å². The van der Waals surface area contributed by atoms with Crippen LogP contribution in [0.15, 0.2) is 67.3 Å². The SMILES string of the molecule is O=C1O[C@]2(CCN(C(=O)C3(c4ccc(C=Cc5ccncc5)cc4)CC3)C2)c2ccncc21. The molecule has 1 atom stereocenters. The fourth-order valence-corrected chi connectivity index (χ4v) is 5.13. The van der Waals surface area contributed by atoms with Gasteiger partial charge in [-0.3, -0.25) is 14.8 Å². The third-order valence-electron chi connectivity index (χ3n) is 7.14. The summed E-state index contributed by atoms with van der Waals surface area (Å²) in [6.07, 6.45) is 13.2. The van der Waals surface area contributed by atoms with E-state index in [9.17, 15) is 9.59 Å². The van der Waals surface area contributed by atoms with Crippen molar-refractivity contribution < 1.29 is 14.3 Å². The zero-order chi connectivity index (χ0) is 22.5. The monoisotopic (exact) mass is 437 g/mol. The molecule has 6 heteroatoms. The Kier molecular flexibility index (Phi) is 4.43. The third-order valence-corrected chi connectivity index (χ3v) is 7.14. The van der Waals surface area contributed by atoms with E-state index in [4.69, 9.17) is 4.74 Å². The van der Waals surface area contributed by atoms with Gasteiger partial charge in [-0.05, 0) is 47.7 Å². The average Bonchev–Trinajstić information content (AvgIpc) is 3.49. The normalized spacial score (nSPS) is 22.5. The summed E-state index contributed by atoms with van der Waals surface area (Å²) in [6, 6.07) is 14.0. The van der Waals surface area contributed by atoms with Gasteiger partial charge in [-0.2, -0.15) is 0 Å². The van der Waals surface area contributed by atoms with Crippen LogP contribution in [-0.2, 0) is 20.5 Å².